The van der Waals surface area contributed by atoms with Crippen LogP contribution in [-0.4, -0.2) is 35.1 Å². The van der Waals surface area contributed by atoms with Crippen molar-refractivity contribution in [2.24, 2.45) is 0 Å². The summed E-state index contributed by atoms with van der Waals surface area (Å²) in [7, 11) is -0.732. The number of benzene rings is 3. The highest BCUT2D eigenvalue weighted by atomic mass is 35.5. The van der Waals surface area contributed by atoms with Gasteiger partial charge in [0.25, 0.3) is 15.9 Å². The zero-order chi connectivity index (χ0) is 25.2. The van der Waals surface area contributed by atoms with E-state index in [1.807, 2.05) is 6.07 Å². The zero-order valence-electron chi connectivity index (χ0n) is 19.2. The summed E-state index contributed by atoms with van der Waals surface area (Å²) in [5, 5.41) is 3.99. The Kier molecular flexibility index (Phi) is 7.20. The minimum absolute atomic E-state index is 0.170. The molecule has 0 unspecified atom stereocenters. The molecular formula is C25H23ClN2O5S2. The van der Waals surface area contributed by atoms with Gasteiger partial charge in [-0.2, -0.15) is 0 Å². The molecule has 0 saturated heterocycles. The molecule has 0 fully saturated rings. The minimum atomic E-state index is -3.78. The summed E-state index contributed by atoms with van der Waals surface area (Å²) < 4.78 is 39.1. The van der Waals surface area contributed by atoms with Gasteiger partial charge in [-0.1, -0.05) is 11.6 Å². The normalized spacial score (nSPS) is 11.3. The van der Waals surface area contributed by atoms with Gasteiger partial charge in [-0.05, 0) is 79.0 Å². The Hall–Kier alpha value is -3.27. The average Bonchev–Trinajstić information content (AvgIpc) is 3.28. The molecule has 0 aliphatic rings. The summed E-state index contributed by atoms with van der Waals surface area (Å²) in [6.07, 6.45) is 0. The van der Waals surface area contributed by atoms with Crippen LogP contribution in [0.2, 0.25) is 5.02 Å². The summed E-state index contributed by atoms with van der Waals surface area (Å²) in [4.78, 5) is 13.5. The van der Waals surface area contributed by atoms with Crippen molar-refractivity contribution in [3.8, 4) is 11.5 Å². The second kappa shape index (κ2) is 10.2. The van der Waals surface area contributed by atoms with Crippen LogP contribution >= 0.6 is 22.9 Å². The maximum Gasteiger partial charge on any atom is 0.265 e. The summed E-state index contributed by atoms with van der Waals surface area (Å²) >= 11 is 7.47. The van der Waals surface area contributed by atoms with Crippen LogP contribution in [0.5, 0.6) is 11.5 Å². The molecule has 0 aliphatic carbocycles. The monoisotopic (exact) mass is 530 g/mol. The Morgan fingerprint density at radius 2 is 1.74 bits per heavy atom. The molecule has 0 aliphatic heterocycles. The number of hydrogen-bond donors (Lipinski definition) is 1. The number of methoxy groups -OCH3 is 2. The fraction of sp³-hybridized carbons (Fsp3) is 0.160. The average molecular weight is 531 g/mol. The van der Waals surface area contributed by atoms with E-state index in [2.05, 4.69) is 5.32 Å². The lowest BCUT2D eigenvalue weighted by Gasteiger charge is -2.23. The van der Waals surface area contributed by atoms with Gasteiger partial charge in [-0.3, -0.25) is 9.10 Å². The second-order valence-electron chi connectivity index (χ2n) is 7.48. The Morgan fingerprint density at radius 3 is 2.37 bits per heavy atom. The van der Waals surface area contributed by atoms with Gasteiger partial charge in [0.1, 0.15) is 11.5 Å². The third-order valence-corrected chi connectivity index (χ3v) is 8.68. The lowest BCUT2D eigenvalue weighted by atomic mass is 10.2. The van der Waals surface area contributed by atoms with E-state index in [-0.39, 0.29) is 17.3 Å². The number of rotatable bonds is 8. The predicted octanol–water partition coefficient (Wildman–Crippen LogP) is 6.04. The Bertz CT molecular complexity index is 1480. The molecule has 35 heavy (non-hydrogen) atoms. The van der Waals surface area contributed by atoms with Gasteiger partial charge >= 0.3 is 0 Å². The maximum atomic E-state index is 13.3. The number of nitrogens with one attached hydrogen (secondary N) is 1. The fourth-order valence-corrected chi connectivity index (χ4v) is 6.26. The molecule has 182 valence electrons. The Morgan fingerprint density at radius 1 is 1.00 bits per heavy atom. The largest absolute Gasteiger partial charge is 0.497 e. The summed E-state index contributed by atoms with van der Waals surface area (Å²) in [6.45, 7) is 2.02. The highest BCUT2D eigenvalue weighted by Crippen LogP contribution is 2.33. The number of nitrogens with zero attached hydrogens (tertiary/aromatic N) is 1. The molecule has 0 radical (unpaired) electrons. The lowest BCUT2D eigenvalue weighted by molar-refractivity contribution is 0.103. The molecule has 0 saturated carbocycles. The Labute approximate surface area is 212 Å². The number of amides is 1. The van der Waals surface area contributed by atoms with Crippen molar-refractivity contribution in [1.29, 1.82) is 0 Å². The van der Waals surface area contributed by atoms with Crippen LogP contribution in [0.3, 0.4) is 0 Å². The molecule has 10 heteroatoms. The van der Waals surface area contributed by atoms with Crippen LogP contribution in [0.1, 0.15) is 16.6 Å². The standard InChI is InChI=1S/C25H23ClN2O5S2/c1-4-28(35(30,31)20-9-7-19(32-2)8-10-20)18-6-12-23-16(13-18)14-24(34-23)25(29)27-17-5-11-22(33-3)21(26)15-17/h5-15H,4H2,1-3H3,(H,27,29). The van der Waals surface area contributed by atoms with Gasteiger partial charge in [-0.25, -0.2) is 8.42 Å². The van der Waals surface area contributed by atoms with Crippen molar-refractivity contribution in [1.82, 2.24) is 0 Å². The number of sulfonamides is 1. The van der Waals surface area contributed by atoms with Gasteiger partial charge in [0.2, 0.25) is 0 Å². The van der Waals surface area contributed by atoms with E-state index in [0.717, 1.165) is 10.1 Å². The first-order valence-electron chi connectivity index (χ1n) is 10.6. The molecule has 1 aromatic heterocycles. The van der Waals surface area contributed by atoms with E-state index >= 15 is 0 Å². The number of hydrogen-bond acceptors (Lipinski definition) is 6. The van der Waals surface area contributed by atoms with E-state index in [0.29, 0.717) is 32.8 Å². The van der Waals surface area contributed by atoms with E-state index in [1.54, 1.807) is 55.5 Å². The third-order valence-electron chi connectivity index (χ3n) is 5.36. The molecule has 4 aromatic rings. The van der Waals surface area contributed by atoms with Crippen LogP contribution in [-0.2, 0) is 10.0 Å². The molecule has 1 amide bonds. The van der Waals surface area contributed by atoms with Gasteiger partial charge in [-0.15, -0.1) is 11.3 Å². The highest BCUT2D eigenvalue weighted by Gasteiger charge is 2.24. The number of halogens is 1. The van der Waals surface area contributed by atoms with Crippen LogP contribution in [0, 0.1) is 0 Å². The van der Waals surface area contributed by atoms with Gasteiger partial charge in [0.15, 0.2) is 0 Å². The molecule has 4 rings (SSSR count). The van der Waals surface area contributed by atoms with Crippen molar-refractivity contribution in [3.05, 3.63) is 76.6 Å². The van der Waals surface area contributed by atoms with Gasteiger partial charge < -0.3 is 14.8 Å². The minimum Gasteiger partial charge on any atom is -0.497 e. The summed E-state index contributed by atoms with van der Waals surface area (Å²) in [5.41, 5.74) is 1.06. The maximum absolute atomic E-state index is 13.3. The quantitative estimate of drug-likeness (QED) is 0.300. The van der Waals surface area contributed by atoms with Crippen LogP contribution in [0.15, 0.2) is 71.6 Å². The van der Waals surface area contributed by atoms with Crippen molar-refractivity contribution < 1.29 is 22.7 Å². The zero-order valence-corrected chi connectivity index (χ0v) is 21.6. The molecule has 0 bridgehead atoms. The number of fused-ring (bicyclic) bond motifs is 1. The molecule has 1 heterocycles. The molecule has 1 N–H and O–H groups in total. The number of thiophene rings is 1. The van der Waals surface area contributed by atoms with Crippen molar-refractivity contribution >= 4 is 60.3 Å². The van der Waals surface area contributed by atoms with Crippen LogP contribution in [0.25, 0.3) is 10.1 Å². The van der Waals surface area contributed by atoms with Crippen molar-refractivity contribution in [3.63, 3.8) is 0 Å². The lowest BCUT2D eigenvalue weighted by Crippen LogP contribution is -2.30. The smallest absolute Gasteiger partial charge is 0.265 e. The van der Waals surface area contributed by atoms with E-state index in [9.17, 15) is 13.2 Å². The van der Waals surface area contributed by atoms with Gasteiger partial charge in [0.05, 0.1) is 34.7 Å². The van der Waals surface area contributed by atoms with Gasteiger partial charge in [0, 0.05) is 16.9 Å². The van der Waals surface area contributed by atoms with E-state index in [4.69, 9.17) is 21.1 Å². The van der Waals surface area contributed by atoms with E-state index in [1.165, 1.54) is 42.0 Å². The van der Waals surface area contributed by atoms with Crippen LogP contribution in [0.4, 0.5) is 11.4 Å². The van der Waals surface area contributed by atoms with E-state index < -0.39 is 10.0 Å². The number of anilines is 2. The number of carbonyl (C=O) groups excluding carboxylic acids is 1. The Balaban J connectivity index is 1.60. The predicted molar refractivity (Wildman–Crippen MR) is 141 cm³/mol. The topological polar surface area (TPSA) is 84.9 Å². The van der Waals surface area contributed by atoms with Crippen molar-refractivity contribution in [2.75, 3.05) is 30.4 Å². The molecule has 3 aromatic carbocycles. The first-order chi connectivity index (χ1) is 16.8. The molecular weight excluding hydrogens is 508 g/mol. The third kappa shape index (κ3) is 5.07. The second-order valence-corrected chi connectivity index (χ2v) is 10.8. The highest BCUT2D eigenvalue weighted by molar-refractivity contribution is 7.92. The first-order valence-corrected chi connectivity index (χ1v) is 13.3. The SMILES string of the molecule is CCN(c1ccc2sc(C(=O)Nc3ccc(OC)c(Cl)c3)cc2c1)S(=O)(=O)c1ccc(OC)cc1. The van der Waals surface area contributed by atoms with Crippen LogP contribution < -0.4 is 19.1 Å². The number of carbonyl (C=O) groups is 1. The molecule has 0 spiro atoms. The number of ether oxygens (including phenoxy) is 2. The summed E-state index contributed by atoms with van der Waals surface area (Å²) in [6, 6.07) is 18.4. The summed E-state index contributed by atoms with van der Waals surface area (Å²) in [5.74, 6) is 0.811. The first kappa shape index (κ1) is 24.8. The molecule has 0 atom stereocenters. The molecule has 7 nitrogen and oxygen atoms in total. The fourth-order valence-electron chi connectivity index (χ4n) is 3.60. The van der Waals surface area contributed by atoms with Crippen molar-refractivity contribution in [2.45, 2.75) is 11.8 Å².